The van der Waals surface area contributed by atoms with Gasteiger partial charge in [-0.05, 0) is 37.4 Å². The van der Waals surface area contributed by atoms with Crippen molar-refractivity contribution in [2.45, 2.75) is 64.3 Å². The Morgan fingerprint density at radius 3 is 2.33 bits per heavy atom. The van der Waals surface area contributed by atoms with Gasteiger partial charge in [-0.3, -0.25) is 0 Å². The van der Waals surface area contributed by atoms with Crippen LogP contribution in [-0.4, -0.2) is 14.4 Å². The van der Waals surface area contributed by atoms with Crippen molar-refractivity contribution in [1.29, 1.82) is 0 Å². The molecule has 0 aromatic carbocycles. The van der Waals surface area contributed by atoms with Crippen LogP contribution in [0.5, 0.6) is 0 Å². The van der Waals surface area contributed by atoms with Crippen molar-refractivity contribution in [3.63, 3.8) is 0 Å². The van der Waals surface area contributed by atoms with Gasteiger partial charge in [0.15, 0.2) is 8.32 Å². The molecule has 0 aromatic heterocycles. The van der Waals surface area contributed by atoms with E-state index in [1.807, 2.05) is 0 Å². The first-order valence-corrected chi connectivity index (χ1v) is 8.83. The molecular weight excluding hydrogens is 200 g/mol. The van der Waals surface area contributed by atoms with Crippen LogP contribution in [0, 0.1) is 18.3 Å². The number of rotatable bonds is 2. The second kappa shape index (κ2) is 4.31. The summed E-state index contributed by atoms with van der Waals surface area (Å²) in [5, 5.41) is 0.286. The Kier molecular flexibility index (Phi) is 3.68. The van der Waals surface area contributed by atoms with Crippen LogP contribution in [0.2, 0.25) is 18.1 Å². The monoisotopic (exact) mass is 224 g/mol. The average molecular weight is 224 g/mol. The maximum absolute atomic E-state index is 6.36. The summed E-state index contributed by atoms with van der Waals surface area (Å²) >= 11 is 0. The Bertz CT molecular complexity index is 257. The fourth-order valence-electron chi connectivity index (χ4n) is 1.81. The smallest absolute Gasteiger partial charge is 0.192 e. The highest BCUT2D eigenvalue weighted by Crippen LogP contribution is 2.40. The van der Waals surface area contributed by atoms with Gasteiger partial charge in [-0.25, -0.2) is 0 Å². The van der Waals surface area contributed by atoms with Gasteiger partial charge in [-0.1, -0.05) is 20.8 Å². The van der Waals surface area contributed by atoms with E-state index in [4.69, 9.17) is 10.8 Å². The largest absolute Gasteiger partial charge is 0.413 e. The van der Waals surface area contributed by atoms with Crippen LogP contribution in [0.15, 0.2) is 0 Å². The molecule has 0 bridgehead atoms. The van der Waals surface area contributed by atoms with Gasteiger partial charge in [0, 0.05) is 5.92 Å². The van der Waals surface area contributed by atoms with Gasteiger partial charge in [0.1, 0.15) is 0 Å². The molecule has 1 nitrogen and oxygen atoms in total. The van der Waals surface area contributed by atoms with Crippen molar-refractivity contribution >= 4 is 8.32 Å². The van der Waals surface area contributed by atoms with Crippen molar-refractivity contribution in [3.05, 3.63) is 0 Å². The molecule has 0 heterocycles. The zero-order valence-electron chi connectivity index (χ0n) is 10.8. The Hall–Kier alpha value is -0.263. The molecule has 0 radical (unpaired) electrons. The van der Waals surface area contributed by atoms with Crippen LogP contribution in [-0.2, 0) is 4.43 Å². The molecule has 1 unspecified atom stereocenters. The summed E-state index contributed by atoms with van der Waals surface area (Å²) in [6, 6.07) is 0. The normalized spacial score (nSPS) is 27.7. The molecule has 1 rings (SSSR count). The topological polar surface area (TPSA) is 9.23 Å². The Balaban J connectivity index is 2.66. The highest BCUT2D eigenvalue weighted by molar-refractivity contribution is 6.74. The van der Waals surface area contributed by atoms with E-state index >= 15 is 0 Å². The number of terminal acetylenes is 1. The van der Waals surface area contributed by atoms with E-state index in [1.54, 1.807) is 0 Å². The lowest BCUT2D eigenvalue weighted by Gasteiger charge is -2.39. The molecule has 1 aliphatic carbocycles. The molecule has 1 aliphatic rings. The minimum atomic E-state index is -1.62. The van der Waals surface area contributed by atoms with E-state index in [0.717, 1.165) is 12.8 Å². The average Bonchev–Trinajstić information content (AvgIpc) is 2.48. The summed E-state index contributed by atoms with van der Waals surface area (Å²) in [6.45, 7) is 11.4. The predicted molar refractivity (Wildman–Crippen MR) is 68.2 cm³/mol. The maximum atomic E-state index is 6.36. The summed E-state index contributed by atoms with van der Waals surface area (Å²) in [4.78, 5) is 0. The highest BCUT2D eigenvalue weighted by Gasteiger charge is 2.41. The molecule has 0 N–H and O–H groups in total. The molecular formula is C13H24OSi. The lowest BCUT2D eigenvalue weighted by molar-refractivity contribution is 0.163. The van der Waals surface area contributed by atoms with Crippen LogP contribution in [0.1, 0.15) is 40.0 Å². The van der Waals surface area contributed by atoms with Crippen molar-refractivity contribution in [3.8, 4) is 12.3 Å². The lowest BCUT2D eigenvalue weighted by atomic mass is 10.1. The minimum Gasteiger partial charge on any atom is -0.413 e. The standard InChI is InChI=1S/C13H24OSi/c1-7-11-9-8-10-12(11)14-15(5,6)13(2,3)4/h1,11-12H,8-10H2,2-6H3/t11-,12?/m0/s1. The lowest BCUT2D eigenvalue weighted by Crippen LogP contribution is -2.44. The first-order chi connectivity index (χ1) is 6.78. The van der Waals surface area contributed by atoms with E-state index in [-0.39, 0.29) is 5.04 Å². The van der Waals surface area contributed by atoms with E-state index in [9.17, 15) is 0 Å². The van der Waals surface area contributed by atoms with Crippen molar-refractivity contribution in [2.24, 2.45) is 5.92 Å². The molecule has 1 saturated carbocycles. The summed E-state index contributed by atoms with van der Waals surface area (Å²) < 4.78 is 6.36. The first kappa shape index (κ1) is 12.8. The quantitative estimate of drug-likeness (QED) is 0.512. The molecule has 0 saturated heterocycles. The van der Waals surface area contributed by atoms with Crippen LogP contribution in [0.3, 0.4) is 0 Å². The fraction of sp³-hybridized carbons (Fsp3) is 0.846. The summed E-state index contributed by atoms with van der Waals surface area (Å²) in [6.07, 6.45) is 9.40. The Labute approximate surface area is 95.7 Å². The fourth-order valence-corrected chi connectivity index (χ4v) is 3.21. The molecule has 0 aliphatic heterocycles. The van der Waals surface area contributed by atoms with Crippen LogP contribution in [0.4, 0.5) is 0 Å². The summed E-state index contributed by atoms with van der Waals surface area (Å²) in [5.74, 6) is 3.25. The van der Waals surface area contributed by atoms with Gasteiger partial charge in [-0.2, -0.15) is 0 Å². The van der Waals surface area contributed by atoms with E-state index in [2.05, 4.69) is 39.8 Å². The molecule has 0 amide bonds. The zero-order valence-corrected chi connectivity index (χ0v) is 11.8. The second-order valence-electron chi connectivity index (χ2n) is 6.12. The maximum Gasteiger partial charge on any atom is 0.192 e. The third kappa shape index (κ3) is 2.86. The number of hydrogen-bond acceptors (Lipinski definition) is 1. The van der Waals surface area contributed by atoms with Gasteiger partial charge in [0.25, 0.3) is 0 Å². The minimum absolute atomic E-state index is 0.286. The molecule has 2 heteroatoms. The van der Waals surface area contributed by atoms with Crippen LogP contribution in [0.25, 0.3) is 0 Å². The Morgan fingerprint density at radius 2 is 1.87 bits per heavy atom. The molecule has 0 aromatic rings. The van der Waals surface area contributed by atoms with E-state index in [0.29, 0.717) is 12.0 Å². The highest BCUT2D eigenvalue weighted by atomic mass is 28.4. The molecule has 2 atom stereocenters. The van der Waals surface area contributed by atoms with Crippen LogP contribution >= 0.6 is 0 Å². The van der Waals surface area contributed by atoms with Gasteiger partial charge in [0.05, 0.1) is 6.10 Å². The molecule has 1 fully saturated rings. The third-order valence-corrected chi connectivity index (χ3v) is 8.42. The van der Waals surface area contributed by atoms with Crippen molar-refractivity contribution < 1.29 is 4.43 Å². The zero-order chi connectivity index (χ0) is 11.7. The van der Waals surface area contributed by atoms with Gasteiger partial charge in [-0.15, -0.1) is 12.3 Å². The predicted octanol–water partition coefficient (Wildman–Crippen LogP) is 3.81. The van der Waals surface area contributed by atoms with E-state index < -0.39 is 8.32 Å². The molecule has 15 heavy (non-hydrogen) atoms. The third-order valence-electron chi connectivity index (χ3n) is 3.92. The molecule has 0 spiro atoms. The first-order valence-electron chi connectivity index (χ1n) is 5.92. The second-order valence-corrected chi connectivity index (χ2v) is 10.9. The number of hydrogen-bond donors (Lipinski definition) is 0. The summed E-state index contributed by atoms with van der Waals surface area (Å²) in [5.41, 5.74) is 0. The van der Waals surface area contributed by atoms with Crippen LogP contribution < -0.4 is 0 Å². The van der Waals surface area contributed by atoms with E-state index in [1.165, 1.54) is 6.42 Å². The SMILES string of the molecule is C#C[C@H]1CCCC1O[Si](C)(C)C(C)(C)C. The van der Waals surface area contributed by atoms with Crippen molar-refractivity contribution in [1.82, 2.24) is 0 Å². The molecule has 86 valence electrons. The van der Waals surface area contributed by atoms with Gasteiger partial charge >= 0.3 is 0 Å². The van der Waals surface area contributed by atoms with Crippen molar-refractivity contribution in [2.75, 3.05) is 0 Å². The van der Waals surface area contributed by atoms with Gasteiger partial charge in [0.2, 0.25) is 0 Å². The van der Waals surface area contributed by atoms with Gasteiger partial charge < -0.3 is 4.43 Å². The Morgan fingerprint density at radius 1 is 1.27 bits per heavy atom. The summed E-state index contributed by atoms with van der Waals surface area (Å²) in [7, 11) is -1.62.